The summed E-state index contributed by atoms with van der Waals surface area (Å²) >= 11 is 1.24. The molecule has 2 aromatic rings. The number of hydrogen-bond donors (Lipinski definition) is 1. The Hall–Kier alpha value is -3.53. The van der Waals surface area contributed by atoms with Gasteiger partial charge in [-0.1, -0.05) is 63.6 Å². The molecule has 0 unspecified atom stereocenters. The van der Waals surface area contributed by atoms with Crippen molar-refractivity contribution < 1.29 is 28.7 Å². The number of allylic oxidation sites excluding steroid dienone is 1. The highest BCUT2D eigenvalue weighted by Gasteiger charge is 2.71. The van der Waals surface area contributed by atoms with Crippen LogP contribution in [0.2, 0.25) is 0 Å². The second-order valence-corrected chi connectivity index (χ2v) is 15.9. The second kappa shape index (κ2) is 14.3. The first kappa shape index (κ1) is 36.3. The zero-order valence-electron chi connectivity index (χ0n) is 29.4. The number of rotatable bonds is 14. The van der Waals surface area contributed by atoms with Crippen LogP contribution in [0.5, 0.6) is 0 Å². The molecule has 3 atom stereocenters. The molecular formula is C37H51N3O6S. The summed E-state index contributed by atoms with van der Waals surface area (Å²) in [6.45, 7) is 13.9. The van der Waals surface area contributed by atoms with Crippen LogP contribution in [-0.4, -0.2) is 53.8 Å². The lowest BCUT2D eigenvalue weighted by atomic mass is 9.29. The molecule has 5 rings (SSSR count). The number of carbonyl (C=O) groups is 4. The molecule has 0 aliphatic heterocycles. The van der Waals surface area contributed by atoms with Crippen molar-refractivity contribution in [2.75, 3.05) is 14.2 Å². The summed E-state index contributed by atoms with van der Waals surface area (Å²) in [4.78, 5) is 57.7. The van der Waals surface area contributed by atoms with Gasteiger partial charge in [-0.3, -0.25) is 19.2 Å². The minimum atomic E-state index is -0.766. The molecule has 1 N–H and O–H groups in total. The number of ether oxygens (including phenoxy) is 2. The average Bonchev–Trinajstić information content (AvgIpc) is 3.45. The van der Waals surface area contributed by atoms with E-state index in [9.17, 15) is 19.2 Å². The van der Waals surface area contributed by atoms with Gasteiger partial charge in [-0.05, 0) is 67.8 Å². The summed E-state index contributed by atoms with van der Waals surface area (Å²) in [5.74, 6) is -1.54. The molecule has 3 fully saturated rings. The van der Waals surface area contributed by atoms with E-state index in [2.05, 4.69) is 31.1 Å². The molecule has 3 aliphatic rings. The Bertz CT molecular complexity index is 1480. The zero-order valence-corrected chi connectivity index (χ0v) is 30.2. The zero-order chi connectivity index (χ0) is 34.7. The smallest absolute Gasteiger partial charge is 0.308 e. The molecule has 0 saturated heterocycles. The van der Waals surface area contributed by atoms with Crippen LogP contribution in [-0.2, 0) is 30.3 Å². The lowest BCUT2D eigenvalue weighted by Gasteiger charge is -2.76. The van der Waals surface area contributed by atoms with Gasteiger partial charge in [-0.2, -0.15) is 0 Å². The molecule has 256 valence electrons. The summed E-state index contributed by atoms with van der Waals surface area (Å²) in [7, 11) is 3.15. The first-order valence-electron chi connectivity index (χ1n) is 16.5. The predicted molar refractivity (Wildman–Crippen MR) is 182 cm³/mol. The molecule has 3 aliphatic carbocycles. The third-order valence-corrected chi connectivity index (χ3v) is 11.2. The van der Waals surface area contributed by atoms with E-state index in [1.807, 2.05) is 44.2 Å². The van der Waals surface area contributed by atoms with Gasteiger partial charge in [-0.25, -0.2) is 4.98 Å². The molecular weight excluding hydrogens is 614 g/mol. The molecule has 1 heterocycles. The minimum absolute atomic E-state index is 0.0647. The van der Waals surface area contributed by atoms with Gasteiger partial charge in [0.2, 0.25) is 5.91 Å². The van der Waals surface area contributed by atoms with Crippen LogP contribution in [0.4, 0.5) is 0 Å². The number of amides is 2. The number of methoxy groups -OCH3 is 1. The molecule has 1 aromatic carbocycles. The maximum atomic E-state index is 13.6. The van der Waals surface area contributed by atoms with Crippen molar-refractivity contribution in [1.29, 1.82) is 0 Å². The molecule has 9 nitrogen and oxygen atoms in total. The van der Waals surface area contributed by atoms with Crippen molar-refractivity contribution in [3.8, 4) is 0 Å². The normalized spacial score (nSPS) is 21.6. The highest BCUT2D eigenvalue weighted by atomic mass is 32.1. The van der Waals surface area contributed by atoms with Crippen molar-refractivity contribution >= 4 is 35.1 Å². The Morgan fingerprint density at radius 1 is 1.06 bits per heavy atom. The van der Waals surface area contributed by atoms with E-state index in [1.165, 1.54) is 25.4 Å². The molecule has 0 radical (unpaired) electrons. The fraction of sp³-hybridized carbons (Fsp3) is 0.595. The van der Waals surface area contributed by atoms with Gasteiger partial charge < -0.3 is 19.7 Å². The minimum Gasteiger partial charge on any atom is -0.469 e. The molecule has 2 amide bonds. The van der Waals surface area contributed by atoms with Gasteiger partial charge in [-0.15, -0.1) is 11.3 Å². The van der Waals surface area contributed by atoms with E-state index in [4.69, 9.17) is 9.47 Å². The predicted octanol–water partition coefficient (Wildman–Crippen LogP) is 7.04. The van der Waals surface area contributed by atoms with E-state index in [0.717, 1.165) is 36.1 Å². The molecule has 2 bridgehead atoms. The maximum absolute atomic E-state index is 13.6. The van der Waals surface area contributed by atoms with Gasteiger partial charge >= 0.3 is 11.9 Å². The quantitative estimate of drug-likeness (QED) is 0.215. The third-order valence-electron chi connectivity index (χ3n) is 10.2. The van der Waals surface area contributed by atoms with Crippen LogP contribution in [0.1, 0.15) is 114 Å². The summed E-state index contributed by atoms with van der Waals surface area (Å²) in [5, 5.41) is 5.17. The van der Waals surface area contributed by atoms with Crippen molar-refractivity contribution in [2.24, 2.45) is 22.2 Å². The number of thiazole rings is 1. The number of benzene rings is 1. The number of hydrogen-bond acceptors (Lipinski definition) is 8. The number of carbonyl (C=O) groups excluding carboxylic acids is 4. The van der Waals surface area contributed by atoms with E-state index >= 15 is 0 Å². The molecule has 10 heteroatoms. The largest absolute Gasteiger partial charge is 0.469 e. The van der Waals surface area contributed by atoms with Crippen LogP contribution >= 0.6 is 11.3 Å². The van der Waals surface area contributed by atoms with Crippen molar-refractivity contribution in [3.63, 3.8) is 0 Å². The number of nitrogens with one attached hydrogen (secondary N) is 1. The van der Waals surface area contributed by atoms with Gasteiger partial charge in [0, 0.05) is 43.9 Å². The fourth-order valence-electron chi connectivity index (χ4n) is 7.42. The molecule has 0 spiro atoms. The van der Waals surface area contributed by atoms with Gasteiger partial charge in [0.25, 0.3) is 5.91 Å². The Balaban J connectivity index is 1.46. The summed E-state index contributed by atoms with van der Waals surface area (Å²) in [6, 6.07) is 9.41. The monoisotopic (exact) mass is 665 g/mol. The second-order valence-electron chi connectivity index (χ2n) is 15.0. The van der Waals surface area contributed by atoms with Crippen LogP contribution in [0.3, 0.4) is 0 Å². The fourth-order valence-corrected chi connectivity index (χ4v) is 8.24. The summed E-state index contributed by atoms with van der Waals surface area (Å²) < 4.78 is 10.6. The molecule has 3 saturated carbocycles. The van der Waals surface area contributed by atoms with E-state index in [1.54, 1.807) is 24.3 Å². The van der Waals surface area contributed by atoms with Crippen molar-refractivity contribution in [3.05, 3.63) is 63.2 Å². The standard InChI is InChI=1S/C37H51N3O6S/c1-23(2)29(40(8)31(42)18-36-20-37(21-36,22-36)35(5,6)7)17-30(46-25(4)41)33-39-28(19-47-33)32(43)38-27(15-24(3)34(44)45-9)16-26-13-11-10-12-14-26/h10-14,19,24,27,30H,15-18,20-22H2,1-9H3,(H,38,43)/t24-,27+,30+,36?,37?/m0/s1. The van der Waals surface area contributed by atoms with Crippen LogP contribution in [0, 0.1) is 22.2 Å². The highest BCUT2D eigenvalue weighted by molar-refractivity contribution is 7.09. The lowest BCUT2D eigenvalue weighted by Crippen LogP contribution is -2.67. The third kappa shape index (κ3) is 8.31. The van der Waals surface area contributed by atoms with E-state index in [-0.39, 0.29) is 46.8 Å². The van der Waals surface area contributed by atoms with Crippen LogP contribution < -0.4 is 5.32 Å². The van der Waals surface area contributed by atoms with Crippen molar-refractivity contribution in [2.45, 2.75) is 106 Å². The summed E-state index contributed by atoms with van der Waals surface area (Å²) in [5.41, 5.74) is 3.66. The first-order valence-corrected chi connectivity index (χ1v) is 17.3. The molecule has 47 heavy (non-hydrogen) atoms. The van der Waals surface area contributed by atoms with Crippen LogP contribution in [0.15, 0.2) is 47.0 Å². The Morgan fingerprint density at radius 3 is 2.26 bits per heavy atom. The number of nitrogens with zero attached hydrogens (tertiary/aromatic N) is 2. The first-order chi connectivity index (χ1) is 22.0. The Kier molecular flexibility index (Phi) is 11.0. The summed E-state index contributed by atoms with van der Waals surface area (Å²) in [6.07, 6.45) is 4.22. The van der Waals surface area contributed by atoms with Crippen molar-refractivity contribution in [1.82, 2.24) is 15.2 Å². The maximum Gasteiger partial charge on any atom is 0.308 e. The van der Waals surface area contributed by atoms with Gasteiger partial charge in [0.15, 0.2) is 6.10 Å². The number of aromatic nitrogens is 1. The van der Waals surface area contributed by atoms with E-state index in [0.29, 0.717) is 29.7 Å². The van der Waals surface area contributed by atoms with E-state index < -0.39 is 18.0 Å². The number of esters is 2. The molecule has 1 aromatic heterocycles. The van der Waals surface area contributed by atoms with Crippen LogP contribution in [0.25, 0.3) is 0 Å². The topological polar surface area (TPSA) is 115 Å². The lowest BCUT2D eigenvalue weighted by molar-refractivity contribution is -0.260. The van der Waals surface area contributed by atoms with Gasteiger partial charge in [0.05, 0.1) is 13.0 Å². The van der Waals surface area contributed by atoms with Gasteiger partial charge in [0.1, 0.15) is 10.7 Å². The highest BCUT2D eigenvalue weighted by Crippen LogP contribution is 2.80. The Morgan fingerprint density at radius 2 is 1.70 bits per heavy atom. The Labute approximate surface area is 283 Å². The SMILES string of the molecule is COC(=O)[C@@H](C)C[C@H](Cc1ccccc1)NC(=O)c1csc([C@@H](CC(=C(C)C)N(C)C(=O)CC23CC(C(C)(C)C)(C2)C3)OC(C)=O)n1. The average molecular weight is 666 g/mol.